The molecule has 0 saturated heterocycles. The van der Waals surface area contributed by atoms with Crippen LogP contribution in [0.15, 0.2) is 65.3 Å². The van der Waals surface area contributed by atoms with E-state index in [0.717, 1.165) is 0 Å². The summed E-state index contributed by atoms with van der Waals surface area (Å²) < 4.78 is 10.7. The maximum atomic E-state index is 12.1. The number of nitro benzene ring substituents is 1. The number of carbonyl (C=O) groups is 1. The molecule has 0 aliphatic heterocycles. The number of benzene rings is 2. The van der Waals surface area contributed by atoms with Gasteiger partial charge >= 0.3 is 5.69 Å². The standard InChI is InChI=1S/C18H13ClN2O5/c19-13-5-8-17(16(10-13)21(23)24)26-14-6-3-12(4-7-14)18(22)20-11-15-2-1-9-25-15/h1-10H,11H2,(H,20,22). The lowest BCUT2D eigenvalue weighted by molar-refractivity contribution is -0.385. The first-order valence-corrected chi connectivity index (χ1v) is 7.93. The van der Waals surface area contributed by atoms with Gasteiger partial charge in [-0.3, -0.25) is 14.9 Å². The fourth-order valence-corrected chi connectivity index (χ4v) is 2.37. The van der Waals surface area contributed by atoms with Crippen LogP contribution in [0.1, 0.15) is 16.1 Å². The summed E-state index contributed by atoms with van der Waals surface area (Å²) in [6.45, 7) is 0.279. The largest absolute Gasteiger partial charge is 0.467 e. The molecule has 0 atom stereocenters. The third-order valence-corrected chi connectivity index (χ3v) is 3.70. The molecule has 1 aromatic heterocycles. The number of furan rings is 1. The average molecular weight is 373 g/mol. The van der Waals surface area contributed by atoms with E-state index < -0.39 is 4.92 Å². The van der Waals surface area contributed by atoms with Gasteiger partial charge in [-0.1, -0.05) is 11.6 Å². The third kappa shape index (κ3) is 4.20. The monoisotopic (exact) mass is 372 g/mol. The highest BCUT2D eigenvalue weighted by molar-refractivity contribution is 6.30. The molecule has 0 fully saturated rings. The Morgan fingerprint density at radius 2 is 1.96 bits per heavy atom. The predicted molar refractivity (Wildman–Crippen MR) is 94.5 cm³/mol. The van der Waals surface area contributed by atoms with E-state index in [1.54, 1.807) is 36.4 Å². The minimum atomic E-state index is -0.572. The van der Waals surface area contributed by atoms with Crippen LogP contribution in [0.3, 0.4) is 0 Å². The molecule has 0 saturated carbocycles. The minimum Gasteiger partial charge on any atom is -0.467 e. The van der Waals surface area contributed by atoms with Crippen LogP contribution >= 0.6 is 11.6 Å². The predicted octanol–water partition coefficient (Wildman–Crippen LogP) is 4.56. The number of nitro groups is 1. The molecule has 26 heavy (non-hydrogen) atoms. The zero-order chi connectivity index (χ0) is 18.5. The quantitative estimate of drug-likeness (QED) is 0.505. The molecule has 0 unspecified atom stereocenters. The number of hydrogen-bond acceptors (Lipinski definition) is 5. The van der Waals surface area contributed by atoms with Crippen molar-refractivity contribution in [3.63, 3.8) is 0 Å². The van der Waals surface area contributed by atoms with E-state index in [-0.39, 0.29) is 28.9 Å². The van der Waals surface area contributed by atoms with Crippen LogP contribution in [0.5, 0.6) is 11.5 Å². The third-order valence-electron chi connectivity index (χ3n) is 3.47. The number of rotatable bonds is 6. The van der Waals surface area contributed by atoms with Gasteiger partial charge in [-0.15, -0.1) is 0 Å². The normalized spacial score (nSPS) is 10.3. The Hall–Kier alpha value is -3.32. The highest BCUT2D eigenvalue weighted by Crippen LogP contribution is 2.33. The lowest BCUT2D eigenvalue weighted by Gasteiger charge is -2.08. The van der Waals surface area contributed by atoms with Gasteiger partial charge in [0, 0.05) is 16.7 Å². The van der Waals surface area contributed by atoms with Crippen molar-refractivity contribution in [2.45, 2.75) is 6.54 Å². The highest BCUT2D eigenvalue weighted by atomic mass is 35.5. The Morgan fingerprint density at radius 3 is 2.62 bits per heavy atom. The van der Waals surface area contributed by atoms with E-state index in [0.29, 0.717) is 17.1 Å². The van der Waals surface area contributed by atoms with Crippen LogP contribution in [-0.4, -0.2) is 10.8 Å². The minimum absolute atomic E-state index is 0.0643. The molecule has 1 amide bonds. The van der Waals surface area contributed by atoms with E-state index in [2.05, 4.69) is 5.32 Å². The number of hydrogen-bond donors (Lipinski definition) is 1. The number of ether oxygens (including phenoxy) is 1. The molecule has 0 bridgehead atoms. The Kier molecular flexibility index (Phi) is 5.19. The van der Waals surface area contributed by atoms with Gasteiger partial charge in [-0.25, -0.2) is 0 Å². The van der Waals surface area contributed by atoms with Crippen molar-refractivity contribution in [2.75, 3.05) is 0 Å². The van der Waals surface area contributed by atoms with E-state index >= 15 is 0 Å². The summed E-state index contributed by atoms with van der Waals surface area (Å²) in [6.07, 6.45) is 1.53. The fraction of sp³-hybridized carbons (Fsp3) is 0.0556. The molecule has 0 aliphatic carbocycles. The maximum absolute atomic E-state index is 12.1. The van der Waals surface area contributed by atoms with Crippen LogP contribution in [-0.2, 0) is 6.54 Å². The molecular formula is C18H13ClN2O5. The first-order chi connectivity index (χ1) is 12.5. The second-order valence-electron chi connectivity index (χ2n) is 5.26. The molecule has 3 rings (SSSR count). The van der Waals surface area contributed by atoms with Gasteiger partial charge < -0.3 is 14.5 Å². The molecule has 8 heteroatoms. The van der Waals surface area contributed by atoms with Gasteiger partial charge in [0.2, 0.25) is 5.75 Å². The Balaban J connectivity index is 1.68. The summed E-state index contributed by atoms with van der Waals surface area (Å²) >= 11 is 5.78. The number of nitrogens with zero attached hydrogens (tertiary/aromatic N) is 1. The molecule has 0 aliphatic rings. The Bertz CT molecular complexity index is 923. The van der Waals surface area contributed by atoms with E-state index in [9.17, 15) is 14.9 Å². The van der Waals surface area contributed by atoms with Crippen molar-refractivity contribution >= 4 is 23.2 Å². The summed E-state index contributed by atoms with van der Waals surface area (Å²) in [7, 11) is 0. The van der Waals surface area contributed by atoms with Crippen molar-refractivity contribution in [2.24, 2.45) is 0 Å². The molecule has 1 heterocycles. The topological polar surface area (TPSA) is 94.6 Å². The zero-order valence-electron chi connectivity index (χ0n) is 13.3. The van der Waals surface area contributed by atoms with Gasteiger partial charge in [-0.2, -0.15) is 0 Å². The van der Waals surface area contributed by atoms with Gasteiger partial charge in [0.25, 0.3) is 5.91 Å². The highest BCUT2D eigenvalue weighted by Gasteiger charge is 2.16. The van der Waals surface area contributed by atoms with E-state index in [4.69, 9.17) is 20.8 Å². The first-order valence-electron chi connectivity index (χ1n) is 7.55. The molecule has 1 N–H and O–H groups in total. The second-order valence-corrected chi connectivity index (χ2v) is 5.69. The summed E-state index contributed by atoms with van der Waals surface area (Å²) in [5.41, 5.74) is 0.187. The van der Waals surface area contributed by atoms with Crippen LogP contribution < -0.4 is 10.1 Å². The fourth-order valence-electron chi connectivity index (χ4n) is 2.20. The van der Waals surface area contributed by atoms with Crippen molar-refractivity contribution in [1.29, 1.82) is 0 Å². The van der Waals surface area contributed by atoms with Crippen LogP contribution in [0.2, 0.25) is 5.02 Å². The molecule has 2 aromatic carbocycles. The van der Waals surface area contributed by atoms with E-state index in [1.807, 2.05) is 0 Å². The Morgan fingerprint density at radius 1 is 1.19 bits per heavy atom. The molecule has 3 aromatic rings. The van der Waals surface area contributed by atoms with Gasteiger partial charge in [0.05, 0.1) is 17.7 Å². The van der Waals surface area contributed by atoms with E-state index in [1.165, 1.54) is 24.5 Å². The zero-order valence-corrected chi connectivity index (χ0v) is 14.1. The summed E-state index contributed by atoms with van der Waals surface area (Å²) in [6, 6.07) is 13.9. The lowest BCUT2D eigenvalue weighted by atomic mass is 10.2. The molecule has 0 spiro atoms. The van der Waals surface area contributed by atoms with Gasteiger partial charge in [0.1, 0.15) is 11.5 Å². The molecule has 132 valence electrons. The smallest absolute Gasteiger partial charge is 0.313 e. The van der Waals surface area contributed by atoms with Crippen molar-refractivity contribution < 1.29 is 18.9 Å². The maximum Gasteiger partial charge on any atom is 0.313 e. The summed E-state index contributed by atoms with van der Waals surface area (Å²) in [5.74, 6) is 0.797. The van der Waals surface area contributed by atoms with Crippen LogP contribution in [0, 0.1) is 10.1 Å². The number of nitrogens with one attached hydrogen (secondary N) is 1. The lowest BCUT2D eigenvalue weighted by Crippen LogP contribution is -2.22. The average Bonchev–Trinajstić information content (AvgIpc) is 3.15. The molecule has 0 radical (unpaired) electrons. The summed E-state index contributed by atoms with van der Waals surface area (Å²) in [5, 5.41) is 14.0. The summed E-state index contributed by atoms with van der Waals surface area (Å²) in [4.78, 5) is 22.6. The van der Waals surface area contributed by atoms with Gasteiger partial charge in [-0.05, 0) is 48.5 Å². The van der Waals surface area contributed by atoms with Crippen LogP contribution in [0.25, 0.3) is 0 Å². The molecule has 7 nitrogen and oxygen atoms in total. The molecular weight excluding hydrogens is 360 g/mol. The Labute approximate surface area is 153 Å². The number of amides is 1. The van der Waals surface area contributed by atoms with Crippen LogP contribution in [0.4, 0.5) is 5.69 Å². The second kappa shape index (κ2) is 7.71. The van der Waals surface area contributed by atoms with Gasteiger partial charge in [0.15, 0.2) is 0 Å². The van der Waals surface area contributed by atoms with Crippen molar-refractivity contribution in [1.82, 2.24) is 5.32 Å². The SMILES string of the molecule is O=C(NCc1ccco1)c1ccc(Oc2ccc(Cl)cc2[N+](=O)[O-])cc1. The first kappa shape index (κ1) is 17.5. The van der Waals surface area contributed by atoms with Crippen molar-refractivity contribution in [3.05, 3.63) is 87.3 Å². The number of halogens is 1. The van der Waals surface area contributed by atoms with Crippen molar-refractivity contribution in [3.8, 4) is 11.5 Å². The number of carbonyl (C=O) groups excluding carboxylic acids is 1.